The first-order valence-corrected chi connectivity index (χ1v) is 9.82. The molecular formula is C20H25N2O2S+. The molecule has 0 radical (unpaired) electrons. The van der Waals surface area contributed by atoms with Crippen LogP contribution in [0.25, 0.3) is 0 Å². The molecule has 1 N–H and O–H groups in total. The summed E-state index contributed by atoms with van der Waals surface area (Å²) in [5.41, 5.74) is 2.01. The zero-order valence-electron chi connectivity index (χ0n) is 14.8. The van der Waals surface area contributed by atoms with E-state index in [1.165, 1.54) is 10.5 Å². The van der Waals surface area contributed by atoms with Crippen LogP contribution in [-0.2, 0) is 6.54 Å². The lowest BCUT2D eigenvalue weighted by molar-refractivity contribution is -0.917. The number of rotatable bonds is 5. The number of ether oxygens (including phenoxy) is 1. The van der Waals surface area contributed by atoms with Crippen LogP contribution >= 0.6 is 11.8 Å². The minimum atomic E-state index is 0.0725. The van der Waals surface area contributed by atoms with Crippen LogP contribution < -0.4 is 9.64 Å². The largest absolute Gasteiger partial charge is 0.496 e. The van der Waals surface area contributed by atoms with Crippen molar-refractivity contribution in [1.82, 2.24) is 4.90 Å². The van der Waals surface area contributed by atoms with Gasteiger partial charge in [0.05, 0.1) is 38.9 Å². The van der Waals surface area contributed by atoms with E-state index in [0.29, 0.717) is 11.3 Å². The maximum Gasteiger partial charge on any atom is 0.258 e. The normalized spacial score (nSPS) is 15.2. The molecule has 1 heterocycles. The highest BCUT2D eigenvalue weighted by molar-refractivity contribution is 7.98. The van der Waals surface area contributed by atoms with Gasteiger partial charge in [0.25, 0.3) is 5.91 Å². The van der Waals surface area contributed by atoms with E-state index in [2.05, 4.69) is 24.3 Å². The third-order valence-corrected chi connectivity index (χ3v) is 5.42. The first kappa shape index (κ1) is 17.8. The number of piperazine rings is 1. The second-order valence-electron chi connectivity index (χ2n) is 6.27. The minimum absolute atomic E-state index is 0.0725. The van der Waals surface area contributed by atoms with E-state index in [1.807, 2.05) is 35.4 Å². The Labute approximate surface area is 153 Å². The van der Waals surface area contributed by atoms with Crippen LogP contribution in [0.15, 0.2) is 53.4 Å². The van der Waals surface area contributed by atoms with E-state index in [-0.39, 0.29) is 5.91 Å². The topological polar surface area (TPSA) is 34.0 Å². The summed E-state index contributed by atoms with van der Waals surface area (Å²) < 4.78 is 5.43. The fraction of sp³-hybridized carbons (Fsp3) is 0.350. The summed E-state index contributed by atoms with van der Waals surface area (Å²) in [5.74, 6) is 0.735. The van der Waals surface area contributed by atoms with Gasteiger partial charge in [-0.15, -0.1) is 11.8 Å². The number of hydrogen-bond acceptors (Lipinski definition) is 3. The molecule has 2 aromatic rings. The van der Waals surface area contributed by atoms with Crippen molar-refractivity contribution in [1.29, 1.82) is 0 Å². The van der Waals surface area contributed by atoms with Gasteiger partial charge in [-0.05, 0) is 24.5 Å². The lowest BCUT2D eigenvalue weighted by Gasteiger charge is -2.32. The van der Waals surface area contributed by atoms with Crippen LogP contribution in [-0.4, -0.2) is 50.4 Å². The molecule has 1 aliphatic rings. The summed E-state index contributed by atoms with van der Waals surface area (Å²) >= 11 is 1.65. The number of carbonyl (C=O) groups excluding carboxylic acids is 1. The zero-order valence-corrected chi connectivity index (χ0v) is 15.6. The summed E-state index contributed by atoms with van der Waals surface area (Å²) in [5, 5.41) is 0. The summed E-state index contributed by atoms with van der Waals surface area (Å²) in [7, 11) is 1.62. The molecule has 1 fully saturated rings. The van der Waals surface area contributed by atoms with Gasteiger partial charge in [0.15, 0.2) is 0 Å². The summed E-state index contributed by atoms with van der Waals surface area (Å²) in [6, 6.07) is 16.4. The van der Waals surface area contributed by atoms with E-state index in [0.717, 1.165) is 37.6 Å². The molecule has 2 aromatic carbocycles. The minimum Gasteiger partial charge on any atom is -0.496 e. The number of nitrogens with one attached hydrogen (secondary N) is 1. The van der Waals surface area contributed by atoms with Crippen molar-refractivity contribution in [2.45, 2.75) is 11.4 Å². The predicted octanol–water partition coefficient (Wildman–Crippen LogP) is 1.96. The molecular weight excluding hydrogens is 332 g/mol. The molecule has 25 heavy (non-hydrogen) atoms. The Balaban J connectivity index is 1.62. The lowest BCUT2D eigenvalue weighted by atomic mass is 10.1. The molecule has 0 spiro atoms. The van der Waals surface area contributed by atoms with Crippen molar-refractivity contribution in [3.05, 3.63) is 59.7 Å². The fourth-order valence-electron chi connectivity index (χ4n) is 3.23. The number of quaternary nitrogens is 1. The van der Waals surface area contributed by atoms with Gasteiger partial charge in [0, 0.05) is 10.5 Å². The van der Waals surface area contributed by atoms with Crippen molar-refractivity contribution in [2.75, 3.05) is 39.5 Å². The molecule has 132 valence electrons. The second-order valence-corrected chi connectivity index (χ2v) is 7.15. The van der Waals surface area contributed by atoms with Crippen LogP contribution in [0.5, 0.6) is 5.75 Å². The number of carbonyl (C=O) groups is 1. The summed E-state index contributed by atoms with van der Waals surface area (Å²) in [4.78, 5) is 17.5. The van der Waals surface area contributed by atoms with Gasteiger partial charge in [0.1, 0.15) is 12.3 Å². The number of nitrogens with zero attached hydrogens (tertiary/aromatic N) is 1. The molecule has 0 aliphatic carbocycles. The zero-order chi connectivity index (χ0) is 17.6. The molecule has 0 unspecified atom stereocenters. The number of methoxy groups -OCH3 is 1. The first-order chi connectivity index (χ1) is 12.2. The maximum absolute atomic E-state index is 12.9. The fourth-order valence-corrected chi connectivity index (χ4v) is 3.66. The highest BCUT2D eigenvalue weighted by Crippen LogP contribution is 2.26. The average Bonchev–Trinajstić information content (AvgIpc) is 2.68. The Bertz CT molecular complexity index is 713. The van der Waals surface area contributed by atoms with Crippen molar-refractivity contribution >= 4 is 17.7 Å². The first-order valence-electron chi connectivity index (χ1n) is 8.60. The van der Waals surface area contributed by atoms with E-state index in [9.17, 15) is 4.79 Å². The molecule has 0 aromatic heterocycles. The Morgan fingerprint density at radius 1 is 1.16 bits per heavy atom. The van der Waals surface area contributed by atoms with E-state index in [4.69, 9.17) is 4.74 Å². The second kappa shape index (κ2) is 8.41. The van der Waals surface area contributed by atoms with Gasteiger partial charge < -0.3 is 14.5 Å². The van der Waals surface area contributed by atoms with E-state index in [1.54, 1.807) is 18.9 Å². The third kappa shape index (κ3) is 4.35. The number of hydrogen-bond donors (Lipinski definition) is 1. The van der Waals surface area contributed by atoms with Gasteiger partial charge in [-0.25, -0.2) is 0 Å². The van der Waals surface area contributed by atoms with Crippen LogP contribution in [0, 0.1) is 0 Å². The van der Waals surface area contributed by atoms with Gasteiger partial charge in [-0.2, -0.15) is 0 Å². The van der Waals surface area contributed by atoms with Crippen molar-refractivity contribution in [2.24, 2.45) is 0 Å². The van der Waals surface area contributed by atoms with Crippen molar-refractivity contribution in [3.63, 3.8) is 0 Å². The lowest BCUT2D eigenvalue weighted by Crippen LogP contribution is -3.13. The van der Waals surface area contributed by atoms with Gasteiger partial charge in [-0.3, -0.25) is 4.79 Å². The molecule has 0 saturated carbocycles. The molecule has 1 saturated heterocycles. The van der Waals surface area contributed by atoms with E-state index < -0.39 is 0 Å². The van der Waals surface area contributed by atoms with E-state index >= 15 is 0 Å². The maximum atomic E-state index is 12.9. The van der Waals surface area contributed by atoms with Crippen LogP contribution in [0.4, 0.5) is 0 Å². The van der Waals surface area contributed by atoms with Crippen LogP contribution in [0.3, 0.4) is 0 Å². The van der Waals surface area contributed by atoms with Gasteiger partial charge in [0.2, 0.25) is 0 Å². The molecule has 3 rings (SSSR count). The van der Waals surface area contributed by atoms with Gasteiger partial charge >= 0.3 is 0 Å². The Morgan fingerprint density at radius 3 is 2.52 bits per heavy atom. The van der Waals surface area contributed by atoms with Crippen LogP contribution in [0.1, 0.15) is 15.9 Å². The molecule has 5 heteroatoms. The molecule has 1 aliphatic heterocycles. The molecule has 1 amide bonds. The average molecular weight is 357 g/mol. The highest BCUT2D eigenvalue weighted by atomic mass is 32.2. The summed E-state index contributed by atoms with van der Waals surface area (Å²) in [6.07, 6.45) is 2.02. The molecule has 0 bridgehead atoms. The highest BCUT2D eigenvalue weighted by Gasteiger charge is 2.26. The standard InChI is InChI=1S/C20H24N2O2S/c1-24-19-14-17(25-2)8-9-18(19)20(23)22-12-10-21(11-13-22)15-16-6-4-3-5-7-16/h3-9,14H,10-13,15H2,1-2H3/p+1. The summed E-state index contributed by atoms with van der Waals surface area (Å²) in [6.45, 7) is 4.55. The Morgan fingerprint density at radius 2 is 1.88 bits per heavy atom. The number of benzene rings is 2. The predicted molar refractivity (Wildman–Crippen MR) is 102 cm³/mol. The Kier molecular flexibility index (Phi) is 6.00. The van der Waals surface area contributed by atoms with Gasteiger partial charge in [-0.1, -0.05) is 30.3 Å². The monoisotopic (exact) mass is 357 g/mol. The van der Waals surface area contributed by atoms with Crippen molar-refractivity contribution in [3.8, 4) is 5.75 Å². The molecule has 4 nitrogen and oxygen atoms in total. The van der Waals surface area contributed by atoms with Crippen molar-refractivity contribution < 1.29 is 14.4 Å². The SMILES string of the molecule is COc1cc(SC)ccc1C(=O)N1CC[NH+](Cc2ccccc2)CC1. The molecule has 0 atom stereocenters. The Hall–Kier alpha value is -1.98. The third-order valence-electron chi connectivity index (χ3n) is 4.69. The number of thioether (sulfide) groups is 1. The smallest absolute Gasteiger partial charge is 0.258 e. The van der Waals surface area contributed by atoms with Crippen LogP contribution in [0.2, 0.25) is 0 Å². The number of amides is 1. The quantitative estimate of drug-likeness (QED) is 0.831.